The average Bonchev–Trinajstić information content (AvgIpc) is 2.62. The Labute approximate surface area is 162 Å². The Kier molecular flexibility index (Phi) is 17.0. The van der Waals surface area contributed by atoms with Gasteiger partial charge in [-0.1, -0.05) is 48.4 Å². The fourth-order valence-corrected chi connectivity index (χ4v) is 4.28. The van der Waals surface area contributed by atoms with Gasteiger partial charge in [0.15, 0.2) is 0 Å². The van der Waals surface area contributed by atoms with Crippen LogP contribution in [0.5, 0.6) is 5.75 Å². The van der Waals surface area contributed by atoms with Crippen LogP contribution in [-0.2, 0) is 13.2 Å². The van der Waals surface area contributed by atoms with E-state index in [1.807, 2.05) is 35.4 Å². The van der Waals surface area contributed by atoms with Gasteiger partial charge in [-0.05, 0) is 57.0 Å². The Morgan fingerprint density at radius 2 is 1.56 bits per heavy atom. The first-order chi connectivity index (χ1) is 11.8. The first-order valence-corrected chi connectivity index (χ1v) is 11.2. The Balaban J connectivity index is 0. The van der Waals surface area contributed by atoms with Crippen molar-refractivity contribution in [3.63, 3.8) is 0 Å². The van der Waals surface area contributed by atoms with E-state index in [1.54, 1.807) is 25.3 Å². The van der Waals surface area contributed by atoms with Gasteiger partial charge in [0, 0.05) is 11.3 Å². The standard InChI is InChI=1S/C9H12O3.C8H19NS2.C2H6/c1-12-9-3-7(5-10)2-8(4-9)6-11;1-6-9(4)7-8(2,3)11-10-5;1-2/h2-4,10-11H,5-6H2,1H3;6-7H2,1-5H3;1-2H3. The van der Waals surface area contributed by atoms with Crippen molar-refractivity contribution in [2.45, 2.75) is 52.6 Å². The van der Waals surface area contributed by atoms with Crippen molar-refractivity contribution in [1.29, 1.82) is 0 Å². The second-order valence-corrected chi connectivity index (χ2v) is 8.95. The van der Waals surface area contributed by atoms with Gasteiger partial charge < -0.3 is 19.8 Å². The molecule has 0 unspecified atom stereocenters. The zero-order valence-corrected chi connectivity index (χ0v) is 18.8. The fraction of sp³-hybridized carbons (Fsp3) is 0.684. The van der Waals surface area contributed by atoms with Crippen LogP contribution in [0.3, 0.4) is 0 Å². The molecule has 1 rings (SSSR count). The first kappa shape index (κ1) is 26.8. The van der Waals surface area contributed by atoms with E-state index in [1.165, 1.54) is 0 Å². The van der Waals surface area contributed by atoms with Crippen molar-refractivity contribution < 1.29 is 14.9 Å². The van der Waals surface area contributed by atoms with Crippen LogP contribution in [0.25, 0.3) is 0 Å². The van der Waals surface area contributed by atoms with Gasteiger partial charge >= 0.3 is 0 Å². The number of benzene rings is 1. The molecular formula is C19H37NO3S2. The molecule has 4 nitrogen and oxygen atoms in total. The fourth-order valence-electron chi connectivity index (χ4n) is 2.04. The molecule has 6 heteroatoms. The normalized spacial score (nSPS) is 10.5. The molecule has 0 saturated carbocycles. The molecule has 0 aliphatic rings. The molecule has 0 saturated heterocycles. The molecule has 0 aliphatic heterocycles. The minimum atomic E-state index is -0.0375. The van der Waals surface area contributed by atoms with Gasteiger partial charge in [-0.3, -0.25) is 0 Å². The van der Waals surface area contributed by atoms with E-state index in [2.05, 4.69) is 39.0 Å². The summed E-state index contributed by atoms with van der Waals surface area (Å²) in [5.74, 6) is 0.658. The highest BCUT2D eigenvalue weighted by Crippen LogP contribution is 2.33. The third-order valence-corrected chi connectivity index (χ3v) is 5.73. The summed E-state index contributed by atoms with van der Waals surface area (Å²) < 4.78 is 5.36. The zero-order chi connectivity index (χ0) is 19.9. The maximum absolute atomic E-state index is 8.84. The minimum absolute atomic E-state index is 0.0375. The molecule has 0 spiro atoms. The second-order valence-electron chi connectivity index (χ2n) is 5.85. The molecule has 25 heavy (non-hydrogen) atoms. The summed E-state index contributed by atoms with van der Waals surface area (Å²) in [6.07, 6.45) is 2.14. The third-order valence-electron chi connectivity index (χ3n) is 3.13. The number of methoxy groups -OCH3 is 1. The molecule has 0 aromatic heterocycles. The van der Waals surface area contributed by atoms with E-state index in [-0.39, 0.29) is 13.2 Å². The molecule has 0 radical (unpaired) electrons. The molecule has 0 fully saturated rings. The lowest BCUT2D eigenvalue weighted by atomic mass is 10.1. The summed E-state index contributed by atoms with van der Waals surface area (Å²) in [4.78, 5) is 2.35. The summed E-state index contributed by atoms with van der Waals surface area (Å²) in [5.41, 5.74) is 1.50. The van der Waals surface area contributed by atoms with Crippen molar-refractivity contribution in [3.8, 4) is 5.75 Å². The lowest BCUT2D eigenvalue weighted by molar-refractivity contribution is 0.274. The van der Waals surface area contributed by atoms with E-state index < -0.39 is 0 Å². The molecule has 0 aliphatic carbocycles. The SMILES string of the molecule is CC.CCN(C)CC(C)(C)SSC.COc1cc(CO)cc(CO)c1. The van der Waals surface area contributed by atoms with E-state index in [0.29, 0.717) is 10.5 Å². The van der Waals surface area contributed by atoms with Crippen LogP contribution in [0.2, 0.25) is 0 Å². The zero-order valence-electron chi connectivity index (χ0n) is 17.1. The summed E-state index contributed by atoms with van der Waals surface area (Å²) in [6, 6.07) is 5.21. The summed E-state index contributed by atoms with van der Waals surface area (Å²) >= 11 is 0. The number of ether oxygens (including phenoxy) is 1. The quantitative estimate of drug-likeness (QED) is 0.639. The van der Waals surface area contributed by atoms with Crippen LogP contribution in [0, 0.1) is 0 Å². The van der Waals surface area contributed by atoms with Gasteiger partial charge in [0.05, 0.1) is 20.3 Å². The van der Waals surface area contributed by atoms with E-state index >= 15 is 0 Å². The molecule has 0 heterocycles. The molecule has 0 atom stereocenters. The van der Waals surface area contributed by atoms with Crippen LogP contribution in [0.1, 0.15) is 45.7 Å². The van der Waals surface area contributed by atoms with Gasteiger partial charge in [0.25, 0.3) is 0 Å². The number of aliphatic hydroxyl groups is 2. The molecule has 0 bridgehead atoms. The highest BCUT2D eigenvalue weighted by Gasteiger charge is 2.19. The van der Waals surface area contributed by atoms with E-state index in [9.17, 15) is 0 Å². The van der Waals surface area contributed by atoms with Gasteiger partial charge in [0.2, 0.25) is 0 Å². The number of aliphatic hydroxyl groups excluding tert-OH is 2. The number of rotatable bonds is 8. The molecular weight excluding hydrogens is 354 g/mol. The molecule has 2 N–H and O–H groups in total. The summed E-state index contributed by atoms with van der Waals surface area (Å²) in [7, 11) is 7.53. The van der Waals surface area contributed by atoms with E-state index in [0.717, 1.165) is 24.2 Å². The predicted octanol–water partition coefficient (Wildman–Crippen LogP) is 4.43. The van der Waals surface area contributed by atoms with Crippen molar-refractivity contribution in [2.75, 3.05) is 33.5 Å². The predicted molar refractivity (Wildman–Crippen MR) is 115 cm³/mol. The highest BCUT2D eigenvalue weighted by atomic mass is 33.1. The van der Waals surface area contributed by atoms with Gasteiger partial charge in [-0.25, -0.2) is 0 Å². The van der Waals surface area contributed by atoms with Crippen molar-refractivity contribution in [3.05, 3.63) is 29.3 Å². The molecule has 1 aromatic carbocycles. The molecule has 0 amide bonds. The lowest BCUT2D eigenvalue weighted by Crippen LogP contribution is -2.33. The number of nitrogens with zero attached hydrogens (tertiary/aromatic N) is 1. The van der Waals surface area contributed by atoms with Crippen LogP contribution in [0.4, 0.5) is 0 Å². The van der Waals surface area contributed by atoms with Crippen LogP contribution in [0.15, 0.2) is 18.2 Å². The third kappa shape index (κ3) is 13.5. The Morgan fingerprint density at radius 3 is 1.88 bits per heavy atom. The maximum atomic E-state index is 8.84. The van der Waals surface area contributed by atoms with Gasteiger partial charge in [0.1, 0.15) is 5.75 Å². The Morgan fingerprint density at radius 1 is 1.08 bits per heavy atom. The highest BCUT2D eigenvalue weighted by molar-refractivity contribution is 8.76. The number of hydrogen-bond acceptors (Lipinski definition) is 6. The Bertz CT molecular complexity index is 387. The van der Waals surface area contributed by atoms with Crippen molar-refractivity contribution >= 4 is 21.6 Å². The maximum Gasteiger partial charge on any atom is 0.119 e. The Hall–Kier alpha value is -0.400. The first-order valence-electron chi connectivity index (χ1n) is 8.60. The topological polar surface area (TPSA) is 52.9 Å². The molecule has 1 aromatic rings. The molecule has 148 valence electrons. The minimum Gasteiger partial charge on any atom is -0.497 e. The van der Waals surface area contributed by atoms with Crippen LogP contribution >= 0.6 is 21.6 Å². The van der Waals surface area contributed by atoms with Gasteiger partial charge in [-0.2, -0.15) is 0 Å². The lowest BCUT2D eigenvalue weighted by Gasteiger charge is -2.27. The van der Waals surface area contributed by atoms with E-state index in [4.69, 9.17) is 14.9 Å². The summed E-state index contributed by atoms with van der Waals surface area (Å²) in [5, 5.41) is 17.7. The van der Waals surface area contributed by atoms with Crippen molar-refractivity contribution in [1.82, 2.24) is 4.90 Å². The van der Waals surface area contributed by atoms with Crippen LogP contribution in [-0.4, -0.2) is 53.4 Å². The average molecular weight is 392 g/mol. The summed E-state index contributed by atoms with van der Waals surface area (Å²) in [6.45, 7) is 13.0. The monoisotopic (exact) mass is 391 g/mol. The van der Waals surface area contributed by atoms with Gasteiger partial charge in [-0.15, -0.1) is 0 Å². The largest absolute Gasteiger partial charge is 0.497 e. The number of hydrogen-bond donors (Lipinski definition) is 2. The van der Waals surface area contributed by atoms with Crippen LogP contribution < -0.4 is 4.74 Å². The smallest absolute Gasteiger partial charge is 0.119 e. The second kappa shape index (κ2) is 15.8. The van der Waals surface area contributed by atoms with Crippen molar-refractivity contribution in [2.24, 2.45) is 0 Å².